The molecule has 1 saturated heterocycles. The van der Waals surface area contributed by atoms with E-state index >= 15 is 0 Å². The quantitative estimate of drug-likeness (QED) is 0.804. The van der Waals surface area contributed by atoms with Crippen LogP contribution >= 0.6 is 0 Å². The van der Waals surface area contributed by atoms with Gasteiger partial charge in [-0.2, -0.15) is 0 Å². The maximum atomic E-state index is 13.6. The summed E-state index contributed by atoms with van der Waals surface area (Å²) >= 11 is 0. The number of hydrogen-bond donors (Lipinski definition) is 1. The number of benzene rings is 1. The first-order valence-electron chi connectivity index (χ1n) is 4.96. The third kappa shape index (κ3) is 2.11. The van der Waals surface area contributed by atoms with Gasteiger partial charge < -0.3 is 14.8 Å². The number of halogens is 1. The van der Waals surface area contributed by atoms with E-state index in [1.165, 1.54) is 6.07 Å². The Morgan fingerprint density at radius 1 is 1.53 bits per heavy atom. The highest BCUT2D eigenvalue weighted by Gasteiger charge is 2.22. The molecule has 3 nitrogen and oxygen atoms in total. The zero-order valence-electron chi connectivity index (χ0n) is 8.63. The second kappa shape index (κ2) is 4.59. The van der Waals surface area contributed by atoms with E-state index in [-0.39, 0.29) is 11.9 Å². The molecule has 15 heavy (non-hydrogen) atoms. The van der Waals surface area contributed by atoms with E-state index in [1.54, 1.807) is 19.2 Å². The fourth-order valence-corrected chi connectivity index (χ4v) is 1.78. The predicted octanol–water partition coefficient (Wildman–Crippen LogP) is 1.50. The Labute approximate surface area is 88.2 Å². The molecule has 1 atom stereocenters. The van der Waals surface area contributed by atoms with Crippen LogP contribution in [-0.2, 0) is 4.74 Å². The number of morpholine rings is 1. The van der Waals surface area contributed by atoms with E-state index in [4.69, 9.17) is 9.47 Å². The standard InChI is InChI=1S/C11H14FNO2/c1-14-10-4-2-3-8(12)11(10)9-7-15-6-5-13-9/h2-4,9,13H,5-7H2,1H3/t9-/m0/s1. The van der Waals surface area contributed by atoms with Gasteiger partial charge in [-0.25, -0.2) is 4.39 Å². The molecule has 1 aliphatic rings. The van der Waals surface area contributed by atoms with Crippen molar-refractivity contribution in [2.24, 2.45) is 0 Å². The summed E-state index contributed by atoms with van der Waals surface area (Å²) in [6.45, 7) is 1.90. The van der Waals surface area contributed by atoms with Crippen molar-refractivity contribution in [1.29, 1.82) is 0 Å². The minimum atomic E-state index is -0.252. The smallest absolute Gasteiger partial charge is 0.131 e. The lowest BCUT2D eigenvalue weighted by atomic mass is 10.0. The minimum absolute atomic E-state index is 0.116. The van der Waals surface area contributed by atoms with Crippen LogP contribution in [0.1, 0.15) is 11.6 Å². The highest BCUT2D eigenvalue weighted by Crippen LogP contribution is 2.28. The Hall–Kier alpha value is -1.13. The monoisotopic (exact) mass is 211 g/mol. The van der Waals surface area contributed by atoms with Gasteiger partial charge in [0.15, 0.2) is 0 Å². The SMILES string of the molecule is COc1cccc(F)c1[C@@H]1COCCN1. The molecule has 0 radical (unpaired) electrons. The van der Waals surface area contributed by atoms with Crippen molar-refractivity contribution < 1.29 is 13.9 Å². The molecule has 0 saturated carbocycles. The molecule has 2 rings (SSSR count). The number of methoxy groups -OCH3 is 1. The molecule has 1 aromatic rings. The summed E-state index contributed by atoms with van der Waals surface area (Å²) < 4.78 is 24.1. The first kappa shape index (κ1) is 10.4. The van der Waals surface area contributed by atoms with Gasteiger partial charge in [-0.05, 0) is 12.1 Å². The second-order valence-corrected chi connectivity index (χ2v) is 3.44. The summed E-state index contributed by atoms with van der Waals surface area (Å²) in [6.07, 6.45) is 0. The molecular formula is C11H14FNO2. The van der Waals surface area contributed by atoms with Crippen molar-refractivity contribution in [2.75, 3.05) is 26.9 Å². The molecule has 0 aromatic heterocycles. The van der Waals surface area contributed by atoms with Crippen molar-refractivity contribution in [3.05, 3.63) is 29.6 Å². The Morgan fingerprint density at radius 3 is 3.07 bits per heavy atom. The summed E-state index contributed by atoms with van der Waals surface area (Å²) in [6, 6.07) is 4.72. The molecule has 0 amide bonds. The molecule has 0 bridgehead atoms. The lowest BCUT2D eigenvalue weighted by molar-refractivity contribution is 0.0748. The normalized spacial score (nSPS) is 21.3. The zero-order valence-corrected chi connectivity index (χ0v) is 8.63. The molecule has 1 aliphatic heterocycles. The van der Waals surface area contributed by atoms with Gasteiger partial charge in [-0.15, -0.1) is 0 Å². The summed E-state index contributed by atoms with van der Waals surface area (Å²) in [5, 5.41) is 3.21. The fourth-order valence-electron chi connectivity index (χ4n) is 1.78. The molecule has 0 unspecified atom stereocenters. The van der Waals surface area contributed by atoms with Crippen molar-refractivity contribution in [1.82, 2.24) is 5.32 Å². The minimum Gasteiger partial charge on any atom is -0.496 e. The van der Waals surface area contributed by atoms with E-state index < -0.39 is 0 Å². The Kier molecular flexibility index (Phi) is 3.18. The van der Waals surface area contributed by atoms with Gasteiger partial charge in [0.1, 0.15) is 11.6 Å². The van der Waals surface area contributed by atoms with Gasteiger partial charge in [-0.1, -0.05) is 6.07 Å². The zero-order chi connectivity index (χ0) is 10.7. The number of ether oxygens (including phenoxy) is 2. The molecule has 4 heteroatoms. The van der Waals surface area contributed by atoms with Crippen LogP contribution in [0, 0.1) is 5.82 Å². The third-order valence-electron chi connectivity index (χ3n) is 2.50. The van der Waals surface area contributed by atoms with Crippen LogP contribution in [0.5, 0.6) is 5.75 Å². The number of hydrogen-bond acceptors (Lipinski definition) is 3. The van der Waals surface area contributed by atoms with Gasteiger partial charge in [0.25, 0.3) is 0 Å². The van der Waals surface area contributed by atoms with Crippen LogP contribution in [0.15, 0.2) is 18.2 Å². The molecule has 0 aliphatic carbocycles. The highest BCUT2D eigenvalue weighted by atomic mass is 19.1. The fraction of sp³-hybridized carbons (Fsp3) is 0.455. The van der Waals surface area contributed by atoms with Crippen molar-refractivity contribution >= 4 is 0 Å². The maximum absolute atomic E-state index is 13.6. The van der Waals surface area contributed by atoms with Crippen molar-refractivity contribution in [2.45, 2.75) is 6.04 Å². The highest BCUT2D eigenvalue weighted by molar-refractivity contribution is 5.37. The first-order valence-corrected chi connectivity index (χ1v) is 4.96. The Bertz CT molecular complexity index is 337. The molecule has 82 valence electrons. The largest absolute Gasteiger partial charge is 0.496 e. The van der Waals surface area contributed by atoms with Gasteiger partial charge in [0, 0.05) is 12.1 Å². The third-order valence-corrected chi connectivity index (χ3v) is 2.50. The molecule has 0 spiro atoms. The second-order valence-electron chi connectivity index (χ2n) is 3.44. The average Bonchev–Trinajstić information content (AvgIpc) is 2.29. The van der Waals surface area contributed by atoms with Gasteiger partial charge >= 0.3 is 0 Å². The predicted molar refractivity (Wildman–Crippen MR) is 54.5 cm³/mol. The Morgan fingerprint density at radius 2 is 2.40 bits per heavy atom. The topological polar surface area (TPSA) is 30.5 Å². The van der Waals surface area contributed by atoms with E-state index in [0.29, 0.717) is 24.5 Å². The van der Waals surface area contributed by atoms with Crippen molar-refractivity contribution in [3.8, 4) is 5.75 Å². The molecular weight excluding hydrogens is 197 g/mol. The Balaban J connectivity index is 2.31. The van der Waals surface area contributed by atoms with Crippen molar-refractivity contribution in [3.63, 3.8) is 0 Å². The van der Waals surface area contributed by atoms with Gasteiger partial charge in [0.05, 0.1) is 26.4 Å². The van der Waals surface area contributed by atoms with Crippen LogP contribution in [-0.4, -0.2) is 26.9 Å². The van der Waals surface area contributed by atoms with Crippen LogP contribution in [0.3, 0.4) is 0 Å². The first-order chi connectivity index (χ1) is 7.33. The average molecular weight is 211 g/mol. The van der Waals surface area contributed by atoms with Crippen LogP contribution in [0.25, 0.3) is 0 Å². The summed E-state index contributed by atoms with van der Waals surface area (Å²) in [4.78, 5) is 0. The summed E-state index contributed by atoms with van der Waals surface area (Å²) in [5.41, 5.74) is 0.555. The molecule has 1 N–H and O–H groups in total. The molecule has 1 heterocycles. The van der Waals surface area contributed by atoms with Crippen LogP contribution in [0.4, 0.5) is 4.39 Å². The number of rotatable bonds is 2. The lowest BCUT2D eigenvalue weighted by Gasteiger charge is -2.25. The molecule has 1 aromatic carbocycles. The molecule has 1 fully saturated rings. The van der Waals surface area contributed by atoms with Crippen LogP contribution < -0.4 is 10.1 Å². The van der Waals surface area contributed by atoms with E-state index in [1.807, 2.05) is 0 Å². The summed E-state index contributed by atoms with van der Waals surface area (Å²) in [7, 11) is 1.54. The van der Waals surface area contributed by atoms with Crippen LogP contribution in [0.2, 0.25) is 0 Å². The number of nitrogens with one attached hydrogen (secondary N) is 1. The summed E-state index contributed by atoms with van der Waals surface area (Å²) in [5.74, 6) is 0.315. The van der Waals surface area contributed by atoms with Gasteiger partial charge in [-0.3, -0.25) is 0 Å². The van der Waals surface area contributed by atoms with E-state index in [0.717, 1.165) is 6.54 Å². The van der Waals surface area contributed by atoms with E-state index in [9.17, 15) is 4.39 Å². The maximum Gasteiger partial charge on any atom is 0.131 e. The lowest BCUT2D eigenvalue weighted by Crippen LogP contribution is -2.35. The van der Waals surface area contributed by atoms with Gasteiger partial charge in [0.2, 0.25) is 0 Å². The van der Waals surface area contributed by atoms with E-state index in [2.05, 4.69) is 5.32 Å².